The zero-order valence-corrected chi connectivity index (χ0v) is 22.8. The number of aliphatic imine (C=N–C) groups is 2. The second-order valence-corrected chi connectivity index (χ2v) is 10.2. The SMILES string of the molecule is N#Cc1ccccc1-c1ccc(-c2ccc(C3=NC(c4ccccc4)N=C(c4ccccc4)N3)cc2)c2ccccc12. The van der Waals surface area contributed by atoms with E-state index in [2.05, 4.69) is 96.3 Å². The Morgan fingerprint density at radius 1 is 0.476 bits per heavy atom. The molecule has 1 N–H and O–H groups in total. The maximum atomic E-state index is 9.71. The Hall–Kier alpha value is -5.79. The zero-order chi connectivity index (χ0) is 28.3. The van der Waals surface area contributed by atoms with Crippen LogP contribution in [0.15, 0.2) is 156 Å². The zero-order valence-electron chi connectivity index (χ0n) is 22.8. The Morgan fingerprint density at radius 2 is 1.00 bits per heavy atom. The third kappa shape index (κ3) is 4.74. The molecule has 0 amide bonds. The number of nitriles is 1. The summed E-state index contributed by atoms with van der Waals surface area (Å²) in [5.41, 5.74) is 8.00. The predicted molar refractivity (Wildman–Crippen MR) is 171 cm³/mol. The van der Waals surface area contributed by atoms with Crippen LogP contribution in [0.3, 0.4) is 0 Å². The summed E-state index contributed by atoms with van der Waals surface area (Å²) in [6.07, 6.45) is -0.329. The van der Waals surface area contributed by atoms with Crippen molar-refractivity contribution < 1.29 is 0 Å². The molecule has 0 spiro atoms. The van der Waals surface area contributed by atoms with E-state index in [-0.39, 0.29) is 6.17 Å². The van der Waals surface area contributed by atoms with E-state index in [0.29, 0.717) is 5.56 Å². The van der Waals surface area contributed by atoms with Crippen molar-refractivity contribution in [2.75, 3.05) is 0 Å². The molecule has 0 radical (unpaired) electrons. The van der Waals surface area contributed by atoms with Crippen LogP contribution in [0.25, 0.3) is 33.0 Å². The van der Waals surface area contributed by atoms with Crippen molar-refractivity contribution in [1.29, 1.82) is 5.26 Å². The summed E-state index contributed by atoms with van der Waals surface area (Å²) in [7, 11) is 0. The van der Waals surface area contributed by atoms with Crippen LogP contribution in [0.5, 0.6) is 0 Å². The molecule has 0 aromatic heterocycles. The number of hydrogen-bond donors (Lipinski definition) is 1. The van der Waals surface area contributed by atoms with Crippen LogP contribution in [0.1, 0.15) is 28.4 Å². The molecule has 1 unspecified atom stereocenters. The lowest BCUT2D eigenvalue weighted by Crippen LogP contribution is -2.36. The smallest absolute Gasteiger partial charge is 0.169 e. The normalized spacial score (nSPS) is 14.4. The van der Waals surface area contributed by atoms with E-state index in [0.717, 1.165) is 61.4 Å². The molecule has 4 heteroatoms. The van der Waals surface area contributed by atoms with Crippen LogP contribution < -0.4 is 5.32 Å². The third-order valence-electron chi connectivity index (χ3n) is 7.62. The van der Waals surface area contributed by atoms with Gasteiger partial charge < -0.3 is 5.32 Å². The van der Waals surface area contributed by atoms with Gasteiger partial charge in [0.2, 0.25) is 0 Å². The van der Waals surface area contributed by atoms with Gasteiger partial charge in [-0.1, -0.05) is 140 Å². The van der Waals surface area contributed by atoms with Gasteiger partial charge in [0.25, 0.3) is 0 Å². The minimum atomic E-state index is -0.329. The first-order valence-corrected chi connectivity index (χ1v) is 13.9. The average Bonchev–Trinajstić information content (AvgIpc) is 3.08. The number of nitrogens with zero attached hydrogens (tertiary/aromatic N) is 3. The summed E-state index contributed by atoms with van der Waals surface area (Å²) in [5.74, 6) is 1.59. The lowest BCUT2D eigenvalue weighted by Gasteiger charge is -2.22. The van der Waals surface area contributed by atoms with Crippen LogP contribution in [0.2, 0.25) is 0 Å². The van der Waals surface area contributed by atoms with Crippen molar-refractivity contribution in [3.8, 4) is 28.3 Å². The second-order valence-electron chi connectivity index (χ2n) is 10.2. The van der Waals surface area contributed by atoms with E-state index in [9.17, 15) is 5.26 Å². The minimum Gasteiger partial charge on any atom is -0.324 e. The van der Waals surface area contributed by atoms with Crippen LogP contribution in [-0.2, 0) is 0 Å². The summed E-state index contributed by atoms with van der Waals surface area (Å²) < 4.78 is 0. The minimum absolute atomic E-state index is 0.329. The van der Waals surface area contributed by atoms with Gasteiger partial charge in [-0.15, -0.1) is 0 Å². The van der Waals surface area contributed by atoms with E-state index in [1.54, 1.807) is 0 Å². The topological polar surface area (TPSA) is 60.5 Å². The van der Waals surface area contributed by atoms with Gasteiger partial charge in [-0.05, 0) is 39.1 Å². The molecular formula is C38H26N4. The second kappa shape index (κ2) is 11.0. The molecule has 0 fully saturated rings. The highest BCUT2D eigenvalue weighted by Crippen LogP contribution is 2.37. The fourth-order valence-electron chi connectivity index (χ4n) is 5.52. The number of nitrogens with one attached hydrogen (secondary N) is 1. The van der Waals surface area contributed by atoms with Crippen molar-refractivity contribution in [2.45, 2.75) is 6.17 Å². The highest BCUT2D eigenvalue weighted by molar-refractivity contribution is 6.16. The Balaban J connectivity index is 1.26. The predicted octanol–water partition coefficient (Wildman–Crippen LogP) is 8.54. The van der Waals surface area contributed by atoms with Crippen LogP contribution >= 0.6 is 0 Å². The average molecular weight is 539 g/mol. The lowest BCUT2D eigenvalue weighted by molar-refractivity contribution is 0.756. The quantitative estimate of drug-likeness (QED) is 0.239. The molecule has 1 aliphatic rings. The molecule has 0 bridgehead atoms. The number of fused-ring (bicyclic) bond motifs is 1. The van der Waals surface area contributed by atoms with Crippen molar-refractivity contribution >= 4 is 22.4 Å². The van der Waals surface area contributed by atoms with E-state index >= 15 is 0 Å². The first-order valence-electron chi connectivity index (χ1n) is 13.9. The van der Waals surface area contributed by atoms with Gasteiger partial charge in [0.1, 0.15) is 11.7 Å². The lowest BCUT2D eigenvalue weighted by atomic mass is 9.90. The molecule has 0 aliphatic carbocycles. The van der Waals surface area contributed by atoms with Crippen LogP contribution in [0, 0.1) is 11.3 Å². The molecule has 42 heavy (non-hydrogen) atoms. The molecule has 7 rings (SSSR count). The van der Waals surface area contributed by atoms with Crippen LogP contribution in [-0.4, -0.2) is 11.7 Å². The third-order valence-corrected chi connectivity index (χ3v) is 7.62. The number of amidine groups is 2. The number of rotatable bonds is 5. The molecule has 0 saturated heterocycles. The largest absolute Gasteiger partial charge is 0.324 e. The summed E-state index contributed by atoms with van der Waals surface area (Å²) >= 11 is 0. The first-order chi connectivity index (χ1) is 20.8. The molecule has 198 valence electrons. The van der Waals surface area contributed by atoms with Crippen LogP contribution in [0.4, 0.5) is 0 Å². The summed E-state index contributed by atoms with van der Waals surface area (Å²) in [5, 5.41) is 15.5. The summed E-state index contributed by atoms with van der Waals surface area (Å²) in [6, 6.07) is 51.7. The van der Waals surface area contributed by atoms with Crippen molar-refractivity contribution in [3.63, 3.8) is 0 Å². The molecule has 0 saturated carbocycles. The number of hydrogen-bond acceptors (Lipinski definition) is 4. The molecule has 1 heterocycles. The Labute approximate surface area is 245 Å². The maximum absolute atomic E-state index is 9.71. The maximum Gasteiger partial charge on any atom is 0.169 e. The number of benzene rings is 6. The fourth-order valence-corrected chi connectivity index (χ4v) is 5.52. The molecule has 6 aromatic rings. The van der Waals surface area contributed by atoms with E-state index in [1.807, 2.05) is 60.7 Å². The van der Waals surface area contributed by atoms with Gasteiger partial charge in [-0.25, -0.2) is 9.98 Å². The van der Waals surface area contributed by atoms with Gasteiger partial charge in [-0.3, -0.25) is 0 Å². The van der Waals surface area contributed by atoms with E-state index in [4.69, 9.17) is 9.98 Å². The van der Waals surface area contributed by atoms with Crippen molar-refractivity contribution in [1.82, 2.24) is 5.32 Å². The van der Waals surface area contributed by atoms with Gasteiger partial charge in [0, 0.05) is 16.7 Å². The molecule has 6 aromatic carbocycles. The van der Waals surface area contributed by atoms with Crippen molar-refractivity contribution in [3.05, 3.63) is 168 Å². The summed E-state index contributed by atoms with van der Waals surface area (Å²) in [6.45, 7) is 0. The molecule has 1 aliphatic heterocycles. The van der Waals surface area contributed by atoms with Gasteiger partial charge >= 0.3 is 0 Å². The van der Waals surface area contributed by atoms with Gasteiger partial charge in [0.15, 0.2) is 6.17 Å². The fraction of sp³-hybridized carbons (Fsp3) is 0.0263. The Bertz CT molecular complexity index is 2000. The Morgan fingerprint density at radius 3 is 1.69 bits per heavy atom. The molecule has 1 atom stereocenters. The first kappa shape index (κ1) is 25.2. The Kier molecular flexibility index (Phi) is 6.60. The molecule has 4 nitrogen and oxygen atoms in total. The molecular weight excluding hydrogens is 512 g/mol. The highest BCUT2D eigenvalue weighted by atomic mass is 15.2. The highest BCUT2D eigenvalue weighted by Gasteiger charge is 2.20. The van der Waals surface area contributed by atoms with E-state index < -0.39 is 0 Å². The van der Waals surface area contributed by atoms with Gasteiger partial charge in [-0.2, -0.15) is 5.26 Å². The van der Waals surface area contributed by atoms with Gasteiger partial charge in [0.05, 0.1) is 11.6 Å². The van der Waals surface area contributed by atoms with E-state index in [1.165, 1.54) is 0 Å². The monoisotopic (exact) mass is 538 g/mol. The van der Waals surface area contributed by atoms with Crippen molar-refractivity contribution in [2.24, 2.45) is 9.98 Å². The summed E-state index contributed by atoms with van der Waals surface area (Å²) in [4.78, 5) is 9.94. The standard InChI is InChI=1S/C38H26N4/c39-25-30-15-7-8-16-31(30)35-24-23-32(33-17-9-10-18-34(33)35)26-19-21-29(22-20-26)38-41-36(27-11-3-1-4-12-27)40-37(42-38)28-13-5-2-6-14-28/h1-24,36H,(H,40,41,42).